The molecule has 1 unspecified atom stereocenters. The molecule has 53 heavy (non-hydrogen) atoms. The van der Waals surface area contributed by atoms with E-state index < -0.39 is 96.6 Å². The molecular weight excluding hydrogens is 715 g/mol. The van der Waals surface area contributed by atoms with Crippen LogP contribution in [0.4, 0.5) is 39.5 Å². The molecule has 300 valence electrons. The maximum Gasteiger partial charge on any atom is 0.254 e. The summed E-state index contributed by atoms with van der Waals surface area (Å²) < 4.78 is 153. The minimum Gasteiger partial charge on any atom is -0.491 e. The largest absolute Gasteiger partial charge is 0.491 e. The van der Waals surface area contributed by atoms with Gasteiger partial charge < -0.3 is 18.9 Å². The van der Waals surface area contributed by atoms with Gasteiger partial charge in [-0.1, -0.05) is 32.6 Å². The van der Waals surface area contributed by atoms with Crippen molar-refractivity contribution in [3.8, 4) is 23.0 Å². The first-order valence-corrected chi connectivity index (χ1v) is 19.1. The number of hydrogen-bond acceptors (Lipinski definition) is 4. The molecule has 4 nitrogen and oxygen atoms in total. The predicted molar refractivity (Wildman–Crippen MR) is 184 cm³/mol. The van der Waals surface area contributed by atoms with Gasteiger partial charge in [0.2, 0.25) is 23.3 Å². The Morgan fingerprint density at radius 2 is 1.00 bits per heavy atom. The van der Waals surface area contributed by atoms with Crippen LogP contribution in [0.5, 0.6) is 23.0 Å². The lowest BCUT2D eigenvalue weighted by Crippen LogP contribution is -2.35. The van der Waals surface area contributed by atoms with Gasteiger partial charge in [0.05, 0.1) is 26.4 Å². The molecule has 0 heterocycles. The number of halogens is 9. The Balaban J connectivity index is 1.15. The first kappa shape index (κ1) is 42.7. The fourth-order valence-corrected chi connectivity index (χ4v) is 7.61. The van der Waals surface area contributed by atoms with E-state index in [2.05, 4.69) is 6.92 Å². The second-order valence-electron chi connectivity index (χ2n) is 14.5. The Morgan fingerprint density at radius 1 is 0.585 bits per heavy atom. The molecule has 2 aromatic rings. The molecule has 0 amide bonds. The SMILES string of the molecule is CCCCCC1CCC(C(F)(F)CCOc2ccc(OCCC(F)(F)C3CCC(C(F)CCOc4ccc(OCC)c(F)c4F)CC3)c(F)c2F)CC1. The molecule has 2 saturated carbocycles. The van der Waals surface area contributed by atoms with Crippen molar-refractivity contribution in [1.29, 1.82) is 0 Å². The summed E-state index contributed by atoms with van der Waals surface area (Å²) in [5, 5.41) is 0. The molecule has 0 bridgehead atoms. The lowest BCUT2D eigenvalue weighted by atomic mass is 9.76. The van der Waals surface area contributed by atoms with E-state index in [9.17, 15) is 30.7 Å². The van der Waals surface area contributed by atoms with Gasteiger partial charge in [0.25, 0.3) is 11.8 Å². The van der Waals surface area contributed by atoms with E-state index in [0.717, 1.165) is 50.7 Å². The van der Waals surface area contributed by atoms with Crippen LogP contribution >= 0.6 is 0 Å². The molecule has 0 aromatic heterocycles. The van der Waals surface area contributed by atoms with Crippen LogP contribution in [0.15, 0.2) is 24.3 Å². The summed E-state index contributed by atoms with van der Waals surface area (Å²) >= 11 is 0. The van der Waals surface area contributed by atoms with Crippen LogP contribution in [0.1, 0.15) is 110 Å². The van der Waals surface area contributed by atoms with E-state index >= 15 is 8.78 Å². The summed E-state index contributed by atoms with van der Waals surface area (Å²) in [5.41, 5.74) is 0. The normalized spacial score (nSPS) is 21.6. The van der Waals surface area contributed by atoms with Gasteiger partial charge in [0.15, 0.2) is 23.0 Å². The van der Waals surface area contributed by atoms with Crippen molar-refractivity contribution in [3.63, 3.8) is 0 Å². The van der Waals surface area contributed by atoms with Crippen molar-refractivity contribution >= 4 is 0 Å². The molecule has 0 saturated heterocycles. The number of rotatable bonds is 21. The Morgan fingerprint density at radius 3 is 1.43 bits per heavy atom. The lowest BCUT2D eigenvalue weighted by Gasteiger charge is -2.34. The summed E-state index contributed by atoms with van der Waals surface area (Å²) in [6.07, 6.45) is 4.30. The van der Waals surface area contributed by atoms with Crippen molar-refractivity contribution in [3.05, 3.63) is 47.5 Å². The van der Waals surface area contributed by atoms with Crippen LogP contribution in [0.25, 0.3) is 0 Å². The van der Waals surface area contributed by atoms with E-state index in [1.807, 2.05) is 0 Å². The van der Waals surface area contributed by atoms with Crippen molar-refractivity contribution in [2.24, 2.45) is 23.7 Å². The third-order valence-corrected chi connectivity index (χ3v) is 10.9. The third-order valence-electron chi connectivity index (χ3n) is 10.9. The van der Waals surface area contributed by atoms with Crippen LogP contribution in [-0.4, -0.2) is 44.4 Å². The predicted octanol–water partition coefficient (Wildman–Crippen LogP) is 12.5. The molecule has 1 atom stereocenters. The quantitative estimate of drug-likeness (QED) is 0.0936. The van der Waals surface area contributed by atoms with Gasteiger partial charge in [-0.15, -0.1) is 0 Å². The van der Waals surface area contributed by atoms with Crippen LogP contribution in [0, 0.1) is 46.9 Å². The van der Waals surface area contributed by atoms with Crippen molar-refractivity contribution in [1.82, 2.24) is 0 Å². The van der Waals surface area contributed by atoms with E-state index in [-0.39, 0.29) is 56.8 Å². The first-order valence-electron chi connectivity index (χ1n) is 19.1. The van der Waals surface area contributed by atoms with Gasteiger partial charge >= 0.3 is 0 Å². The van der Waals surface area contributed by atoms with Gasteiger partial charge in [0, 0.05) is 31.1 Å². The summed E-state index contributed by atoms with van der Waals surface area (Å²) in [6.45, 7) is 2.51. The highest BCUT2D eigenvalue weighted by molar-refractivity contribution is 5.36. The molecular formula is C40H53F9O4. The summed E-state index contributed by atoms with van der Waals surface area (Å²) in [5.74, 6) is -15.3. The minimum atomic E-state index is -3.22. The smallest absolute Gasteiger partial charge is 0.254 e. The summed E-state index contributed by atoms with van der Waals surface area (Å²) in [4.78, 5) is 0. The van der Waals surface area contributed by atoms with Crippen molar-refractivity contribution < 1.29 is 58.5 Å². The molecule has 2 aromatic carbocycles. The van der Waals surface area contributed by atoms with Gasteiger partial charge in [0.1, 0.15) is 6.17 Å². The average Bonchev–Trinajstić information content (AvgIpc) is 3.14. The Hall–Kier alpha value is -2.99. The number of unbranched alkanes of at least 4 members (excludes halogenated alkanes) is 2. The minimum absolute atomic E-state index is 0.0338. The lowest BCUT2D eigenvalue weighted by molar-refractivity contribution is -0.0912. The molecule has 0 aliphatic heterocycles. The number of ether oxygens (including phenoxy) is 4. The van der Waals surface area contributed by atoms with Crippen LogP contribution in [0.3, 0.4) is 0 Å². The van der Waals surface area contributed by atoms with E-state index in [4.69, 9.17) is 18.9 Å². The molecule has 2 aliphatic rings. The van der Waals surface area contributed by atoms with E-state index in [1.54, 1.807) is 6.92 Å². The second-order valence-corrected chi connectivity index (χ2v) is 14.5. The zero-order chi connectivity index (χ0) is 38.6. The standard InChI is InChI=1S/C40H53F9O4/c1-3-5-6-7-26-8-12-28(13-9-26)39(46,47)21-24-52-33-18-19-34(38(45)37(33)44)53-25-22-40(48,49)29-14-10-27(11-15-29)30(41)20-23-51-32-17-16-31(50-4-2)35(42)36(32)43/h16-19,26-30H,3-15,20-25H2,1-2H3. The Kier molecular flexibility index (Phi) is 16.2. The Labute approximate surface area is 307 Å². The van der Waals surface area contributed by atoms with Gasteiger partial charge in [-0.2, -0.15) is 17.6 Å². The third kappa shape index (κ3) is 12.0. The molecule has 4 rings (SSSR count). The fourth-order valence-electron chi connectivity index (χ4n) is 7.61. The molecule has 13 heteroatoms. The van der Waals surface area contributed by atoms with Gasteiger partial charge in [-0.05, 0) is 94.4 Å². The van der Waals surface area contributed by atoms with E-state index in [1.165, 1.54) is 12.1 Å². The van der Waals surface area contributed by atoms with Crippen LogP contribution < -0.4 is 18.9 Å². The van der Waals surface area contributed by atoms with E-state index in [0.29, 0.717) is 18.8 Å². The number of alkyl halides is 5. The number of benzene rings is 2. The van der Waals surface area contributed by atoms with Crippen molar-refractivity contribution in [2.45, 2.75) is 128 Å². The molecule has 0 N–H and O–H groups in total. The summed E-state index contributed by atoms with van der Waals surface area (Å²) in [7, 11) is 0. The van der Waals surface area contributed by atoms with Crippen LogP contribution in [0.2, 0.25) is 0 Å². The van der Waals surface area contributed by atoms with Crippen molar-refractivity contribution in [2.75, 3.05) is 26.4 Å². The zero-order valence-corrected chi connectivity index (χ0v) is 30.7. The highest BCUT2D eigenvalue weighted by atomic mass is 19.3. The van der Waals surface area contributed by atoms with Crippen LogP contribution in [-0.2, 0) is 0 Å². The highest BCUT2D eigenvalue weighted by Gasteiger charge is 2.43. The topological polar surface area (TPSA) is 36.9 Å². The number of hydrogen-bond donors (Lipinski definition) is 0. The summed E-state index contributed by atoms with van der Waals surface area (Å²) in [6, 6.07) is 4.45. The monoisotopic (exact) mass is 768 g/mol. The molecule has 2 fully saturated rings. The Bertz CT molecular complexity index is 1410. The maximum absolute atomic E-state index is 15.1. The maximum atomic E-state index is 15.1. The highest BCUT2D eigenvalue weighted by Crippen LogP contribution is 2.44. The molecule has 0 spiro atoms. The van der Waals surface area contributed by atoms with Gasteiger partial charge in [-0.25, -0.2) is 22.0 Å². The molecule has 2 aliphatic carbocycles. The second kappa shape index (κ2) is 20.1. The average molecular weight is 769 g/mol. The first-order chi connectivity index (χ1) is 25.3. The fraction of sp³-hybridized carbons (Fsp3) is 0.700. The van der Waals surface area contributed by atoms with Gasteiger partial charge in [-0.3, -0.25) is 0 Å². The zero-order valence-electron chi connectivity index (χ0n) is 30.7. The molecule has 0 radical (unpaired) electrons.